The van der Waals surface area contributed by atoms with Gasteiger partial charge in [-0.3, -0.25) is 4.72 Å². The van der Waals surface area contributed by atoms with Gasteiger partial charge in [0.15, 0.2) is 0 Å². The third-order valence-corrected chi connectivity index (χ3v) is 5.27. The summed E-state index contributed by atoms with van der Waals surface area (Å²) in [6.45, 7) is 1.78. The minimum atomic E-state index is -3.67. The maximum Gasteiger partial charge on any atom is 0.261 e. The molecule has 7 heteroatoms. The van der Waals surface area contributed by atoms with Crippen LogP contribution in [0, 0.1) is 6.92 Å². The molecule has 2 aromatic carbocycles. The maximum atomic E-state index is 12.3. The first-order valence-electron chi connectivity index (χ1n) is 5.63. The zero-order valence-corrected chi connectivity index (χ0v) is 13.7. The van der Waals surface area contributed by atoms with Crippen molar-refractivity contribution in [2.75, 3.05) is 10.5 Å². The van der Waals surface area contributed by atoms with E-state index in [1.165, 1.54) is 18.2 Å². The average Bonchev–Trinajstić information content (AvgIpc) is 2.36. The molecule has 0 aromatic heterocycles. The Morgan fingerprint density at radius 1 is 1.20 bits per heavy atom. The van der Waals surface area contributed by atoms with E-state index >= 15 is 0 Å². The Bertz CT molecular complexity index is 763. The van der Waals surface area contributed by atoms with Gasteiger partial charge in [0.2, 0.25) is 0 Å². The van der Waals surface area contributed by atoms with Gasteiger partial charge in [-0.25, -0.2) is 8.42 Å². The molecule has 0 atom stereocenters. The van der Waals surface area contributed by atoms with Gasteiger partial charge < -0.3 is 5.73 Å². The molecular formula is C13H12BrClN2O2S. The second-order valence-electron chi connectivity index (χ2n) is 4.26. The second-order valence-corrected chi connectivity index (χ2v) is 7.20. The number of rotatable bonds is 3. The molecule has 0 bridgehead atoms. The fourth-order valence-corrected chi connectivity index (χ4v) is 3.45. The summed E-state index contributed by atoms with van der Waals surface area (Å²) in [6.07, 6.45) is 0. The van der Waals surface area contributed by atoms with Crippen LogP contribution in [0.4, 0.5) is 11.4 Å². The van der Waals surface area contributed by atoms with Crippen LogP contribution < -0.4 is 10.5 Å². The summed E-state index contributed by atoms with van der Waals surface area (Å²) in [5.74, 6) is 0. The highest BCUT2D eigenvalue weighted by molar-refractivity contribution is 9.10. The van der Waals surface area contributed by atoms with E-state index in [0.717, 1.165) is 5.56 Å². The molecule has 0 radical (unpaired) electrons. The second kappa shape index (κ2) is 5.63. The Labute approximate surface area is 131 Å². The SMILES string of the molecule is Cc1cc(N)ccc1NS(=O)(=O)c1ccc(Cl)c(Br)c1. The lowest BCUT2D eigenvalue weighted by atomic mass is 10.2. The lowest BCUT2D eigenvalue weighted by Crippen LogP contribution is -2.13. The van der Waals surface area contributed by atoms with Crippen LogP contribution in [-0.2, 0) is 10.0 Å². The Morgan fingerprint density at radius 3 is 2.50 bits per heavy atom. The predicted molar refractivity (Wildman–Crippen MR) is 85.6 cm³/mol. The number of hydrogen-bond donors (Lipinski definition) is 2. The van der Waals surface area contributed by atoms with Crippen molar-refractivity contribution >= 4 is 48.9 Å². The van der Waals surface area contributed by atoms with Crippen LogP contribution >= 0.6 is 27.5 Å². The molecule has 0 heterocycles. The van der Waals surface area contributed by atoms with Crippen molar-refractivity contribution in [3.05, 3.63) is 51.5 Å². The zero-order valence-electron chi connectivity index (χ0n) is 10.5. The first-order valence-corrected chi connectivity index (χ1v) is 8.29. The monoisotopic (exact) mass is 374 g/mol. The smallest absolute Gasteiger partial charge is 0.261 e. The number of nitrogen functional groups attached to an aromatic ring is 1. The summed E-state index contributed by atoms with van der Waals surface area (Å²) in [4.78, 5) is 0.130. The van der Waals surface area contributed by atoms with E-state index < -0.39 is 10.0 Å². The number of benzene rings is 2. The summed E-state index contributed by atoms with van der Waals surface area (Å²) < 4.78 is 27.6. The number of anilines is 2. The first kappa shape index (κ1) is 15.2. The highest BCUT2D eigenvalue weighted by Gasteiger charge is 2.16. The number of sulfonamides is 1. The molecule has 0 unspecified atom stereocenters. The van der Waals surface area contributed by atoms with Crippen molar-refractivity contribution < 1.29 is 8.42 Å². The topological polar surface area (TPSA) is 72.2 Å². The van der Waals surface area contributed by atoms with E-state index in [2.05, 4.69) is 20.7 Å². The van der Waals surface area contributed by atoms with Gasteiger partial charge in [-0.1, -0.05) is 11.6 Å². The molecule has 0 saturated heterocycles. The van der Waals surface area contributed by atoms with Crippen LogP contribution in [0.25, 0.3) is 0 Å². The Hall–Kier alpha value is -1.24. The zero-order chi connectivity index (χ0) is 14.9. The molecule has 0 aliphatic carbocycles. The third-order valence-electron chi connectivity index (χ3n) is 2.70. The van der Waals surface area contributed by atoms with E-state index in [9.17, 15) is 8.42 Å². The van der Waals surface area contributed by atoms with Crippen molar-refractivity contribution in [2.45, 2.75) is 11.8 Å². The third kappa shape index (κ3) is 3.26. The summed E-state index contributed by atoms with van der Waals surface area (Å²) in [5.41, 5.74) is 7.47. The van der Waals surface area contributed by atoms with Crippen LogP contribution in [0.3, 0.4) is 0 Å². The van der Waals surface area contributed by atoms with E-state index in [0.29, 0.717) is 20.9 Å². The van der Waals surface area contributed by atoms with E-state index in [1.807, 2.05) is 0 Å². The molecule has 0 saturated carbocycles. The summed E-state index contributed by atoms with van der Waals surface area (Å²) in [5, 5.41) is 0.451. The van der Waals surface area contributed by atoms with E-state index in [4.69, 9.17) is 17.3 Å². The van der Waals surface area contributed by atoms with Crippen LogP contribution in [0.15, 0.2) is 45.8 Å². The molecule has 0 aliphatic heterocycles. The summed E-state index contributed by atoms with van der Waals surface area (Å²) >= 11 is 9.06. The molecule has 0 spiro atoms. The standard InChI is InChI=1S/C13H12BrClN2O2S/c1-8-6-9(16)2-5-13(8)17-20(18,19)10-3-4-12(15)11(14)7-10/h2-7,17H,16H2,1H3. The fraction of sp³-hybridized carbons (Fsp3) is 0.0769. The van der Waals surface area contributed by atoms with Crippen LogP contribution in [0.2, 0.25) is 5.02 Å². The number of aryl methyl sites for hydroxylation is 1. The van der Waals surface area contributed by atoms with E-state index in [1.54, 1.807) is 25.1 Å². The average molecular weight is 376 g/mol. The van der Waals surface area contributed by atoms with Crippen LogP contribution in [0.5, 0.6) is 0 Å². The van der Waals surface area contributed by atoms with Gasteiger partial charge in [0, 0.05) is 10.2 Å². The van der Waals surface area contributed by atoms with Crippen molar-refractivity contribution in [1.82, 2.24) is 0 Å². The number of hydrogen-bond acceptors (Lipinski definition) is 3. The van der Waals surface area contributed by atoms with Gasteiger partial charge in [-0.15, -0.1) is 0 Å². The highest BCUT2D eigenvalue weighted by Crippen LogP contribution is 2.27. The summed E-state index contributed by atoms with van der Waals surface area (Å²) in [7, 11) is -3.67. The maximum absolute atomic E-state index is 12.3. The first-order chi connectivity index (χ1) is 9.29. The minimum absolute atomic E-state index is 0.130. The van der Waals surface area contributed by atoms with Gasteiger partial charge in [0.1, 0.15) is 0 Å². The molecule has 0 aliphatic rings. The Balaban J connectivity index is 2.38. The van der Waals surface area contributed by atoms with Gasteiger partial charge in [-0.2, -0.15) is 0 Å². The molecule has 3 N–H and O–H groups in total. The van der Waals surface area contributed by atoms with Crippen molar-refractivity contribution in [3.63, 3.8) is 0 Å². The highest BCUT2D eigenvalue weighted by atomic mass is 79.9. The molecule has 0 amide bonds. The number of halogens is 2. The molecule has 2 aromatic rings. The molecule has 2 rings (SSSR count). The Kier molecular flexibility index (Phi) is 4.27. The van der Waals surface area contributed by atoms with Crippen LogP contribution in [0.1, 0.15) is 5.56 Å². The van der Waals surface area contributed by atoms with Gasteiger partial charge in [0.25, 0.3) is 10.0 Å². The van der Waals surface area contributed by atoms with Crippen molar-refractivity contribution in [2.24, 2.45) is 0 Å². The lowest BCUT2D eigenvalue weighted by Gasteiger charge is -2.11. The van der Waals surface area contributed by atoms with Gasteiger partial charge >= 0.3 is 0 Å². The summed E-state index contributed by atoms with van der Waals surface area (Å²) in [6, 6.07) is 9.40. The molecule has 4 nitrogen and oxygen atoms in total. The number of nitrogens with two attached hydrogens (primary N) is 1. The molecule has 20 heavy (non-hydrogen) atoms. The van der Waals surface area contributed by atoms with Gasteiger partial charge in [0.05, 0.1) is 15.6 Å². The lowest BCUT2D eigenvalue weighted by molar-refractivity contribution is 0.601. The van der Waals surface area contributed by atoms with E-state index in [-0.39, 0.29) is 4.90 Å². The molecular weight excluding hydrogens is 364 g/mol. The fourth-order valence-electron chi connectivity index (χ4n) is 1.65. The predicted octanol–water partition coefficient (Wildman–Crippen LogP) is 3.79. The number of nitrogens with one attached hydrogen (secondary N) is 1. The molecule has 106 valence electrons. The van der Waals surface area contributed by atoms with Crippen LogP contribution in [-0.4, -0.2) is 8.42 Å². The quantitative estimate of drug-likeness (QED) is 0.802. The normalized spacial score (nSPS) is 11.3. The van der Waals surface area contributed by atoms with Crippen molar-refractivity contribution in [1.29, 1.82) is 0 Å². The van der Waals surface area contributed by atoms with Gasteiger partial charge in [-0.05, 0) is 64.8 Å². The largest absolute Gasteiger partial charge is 0.399 e. The molecule has 0 fully saturated rings. The Morgan fingerprint density at radius 2 is 1.90 bits per heavy atom. The van der Waals surface area contributed by atoms with Crippen molar-refractivity contribution in [3.8, 4) is 0 Å². The minimum Gasteiger partial charge on any atom is -0.399 e.